The number of ether oxygens (including phenoxy) is 1. The molecule has 29 heavy (non-hydrogen) atoms. The van der Waals surface area contributed by atoms with E-state index in [9.17, 15) is 12.8 Å². The first-order valence-electron chi connectivity index (χ1n) is 8.94. The zero-order chi connectivity index (χ0) is 21.2. The Bertz CT molecular complexity index is 1120. The molecule has 0 radical (unpaired) electrons. The number of methoxy groups -OCH3 is 1. The van der Waals surface area contributed by atoms with E-state index >= 15 is 0 Å². The molecule has 0 amide bonds. The summed E-state index contributed by atoms with van der Waals surface area (Å²) in [6.45, 7) is 3.44. The van der Waals surface area contributed by atoms with Crippen molar-refractivity contribution < 1.29 is 17.5 Å². The van der Waals surface area contributed by atoms with Crippen LogP contribution in [0.3, 0.4) is 0 Å². The lowest BCUT2D eigenvalue weighted by molar-refractivity contribution is 0.415. The Kier molecular flexibility index (Phi) is 6.15. The quantitative estimate of drug-likeness (QED) is 0.497. The normalized spacial score (nSPS) is 12.4. The van der Waals surface area contributed by atoms with Gasteiger partial charge in [0, 0.05) is 10.6 Å². The second-order valence-electron chi connectivity index (χ2n) is 6.61. The van der Waals surface area contributed by atoms with Crippen LogP contribution in [0.5, 0.6) is 5.75 Å². The summed E-state index contributed by atoms with van der Waals surface area (Å²) in [4.78, 5) is 0.0344. The van der Waals surface area contributed by atoms with E-state index in [-0.39, 0.29) is 10.5 Å². The fourth-order valence-corrected chi connectivity index (χ4v) is 5.00. The summed E-state index contributed by atoms with van der Waals surface area (Å²) in [5.74, 6) is 0.110. The van der Waals surface area contributed by atoms with Crippen LogP contribution < -0.4 is 9.04 Å². The molecule has 0 aliphatic carbocycles. The molecule has 3 aromatic carbocycles. The molecular weight excluding hydrogens is 413 g/mol. The molecule has 4 nitrogen and oxygen atoms in total. The largest absolute Gasteiger partial charge is 0.497 e. The molecule has 0 spiro atoms. The number of rotatable bonds is 6. The van der Waals surface area contributed by atoms with Crippen LogP contribution in [0.2, 0.25) is 5.02 Å². The van der Waals surface area contributed by atoms with E-state index in [1.54, 1.807) is 62.4 Å². The van der Waals surface area contributed by atoms with Crippen LogP contribution in [0, 0.1) is 12.7 Å². The number of benzene rings is 3. The zero-order valence-electron chi connectivity index (χ0n) is 16.3. The minimum atomic E-state index is -4.04. The fourth-order valence-electron chi connectivity index (χ4n) is 3.09. The molecule has 3 rings (SSSR count). The molecule has 0 N–H and O–H groups in total. The van der Waals surface area contributed by atoms with Gasteiger partial charge in [-0.2, -0.15) is 0 Å². The predicted molar refractivity (Wildman–Crippen MR) is 114 cm³/mol. The van der Waals surface area contributed by atoms with E-state index in [1.807, 2.05) is 0 Å². The summed E-state index contributed by atoms with van der Waals surface area (Å²) in [7, 11) is -2.51. The van der Waals surface area contributed by atoms with Gasteiger partial charge in [0.05, 0.1) is 23.7 Å². The van der Waals surface area contributed by atoms with Crippen LogP contribution >= 0.6 is 11.6 Å². The van der Waals surface area contributed by atoms with Crippen molar-refractivity contribution in [2.24, 2.45) is 0 Å². The van der Waals surface area contributed by atoms with Crippen molar-refractivity contribution in [1.82, 2.24) is 0 Å². The minimum Gasteiger partial charge on any atom is -0.497 e. The third-order valence-corrected chi connectivity index (χ3v) is 7.04. The third-order valence-electron chi connectivity index (χ3n) is 4.73. The predicted octanol–water partition coefficient (Wildman–Crippen LogP) is 5.75. The van der Waals surface area contributed by atoms with Gasteiger partial charge in [0.15, 0.2) is 0 Å². The molecule has 3 aromatic rings. The Hall–Kier alpha value is -2.57. The first kappa shape index (κ1) is 21.1. The molecule has 0 fully saturated rings. The van der Waals surface area contributed by atoms with E-state index in [2.05, 4.69) is 0 Å². The van der Waals surface area contributed by atoms with Gasteiger partial charge in [-0.05, 0) is 61.9 Å². The molecule has 0 aliphatic heterocycles. The second kappa shape index (κ2) is 8.43. The van der Waals surface area contributed by atoms with Crippen molar-refractivity contribution >= 4 is 27.3 Å². The van der Waals surface area contributed by atoms with E-state index in [0.717, 1.165) is 5.56 Å². The van der Waals surface area contributed by atoms with Crippen molar-refractivity contribution in [1.29, 1.82) is 0 Å². The average molecular weight is 434 g/mol. The Labute approximate surface area is 175 Å². The van der Waals surface area contributed by atoms with E-state index in [0.29, 0.717) is 16.5 Å². The molecule has 0 bridgehead atoms. The van der Waals surface area contributed by atoms with Crippen molar-refractivity contribution in [2.45, 2.75) is 24.8 Å². The number of hydrogen-bond donors (Lipinski definition) is 0. The molecule has 0 unspecified atom stereocenters. The lowest BCUT2D eigenvalue weighted by Gasteiger charge is -2.31. The number of sulfonamides is 1. The number of hydrogen-bond acceptors (Lipinski definition) is 3. The Morgan fingerprint density at radius 1 is 1.03 bits per heavy atom. The molecule has 152 valence electrons. The van der Waals surface area contributed by atoms with Gasteiger partial charge in [-0.1, -0.05) is 35.9 Å². The monoisotopic (exact) mass is 433 g/mol. The topological polar surface area (TPSA) is 46.6 Å². The number of nitrogens with zero attached hydrogens (tertiary/aromatic N) is 1. The Balaban J connectivity index is 2.18. The van der Waals surface area contributed by atoms with Crippen molar-refractivity contribution in [2.75, 3.05) is 11.4 Å². The van der Waals surface area contributed by atoms with E-state index in [1.165, 1.54) is 29.6 Å². The molecule has 0 aliphatic rings. The molecule has 0 saturated carbocycles. The highest BCUT2D eigenvalue weighted by Crippen LogP contribution is 2.35. The molecule has 0 saturated heterocycles. The highest BCUT2D eigenvalue weighted by molar-refractivity contribution is 7.92. The van der Waals surface area contributed by atoms with Crippen LogP contribution in [0.25, 0.3) is 0 Å². The second-order valence-corrected chi connectivity index (χ2v) is 8.83. The highest BCUT2D eigenvalue weighted by Gasteiger charge is 2.32. The smallest absolute Gasteiger partial charge is 0.264 e. The summed E-state index contributed by atoms with van der Waals surface area (Å²) < 4.78 is 48.0. The SMILES string of the molecule is COc1ccc(N([C@H](C)c2ccccc2F)S(=O)(=O)c2ccc(C)c(Cl)c2)cc1. The van der Waals surface area contributed by atoms with Crippen molar-refractivity contribution in [3.63, 3.8) is 0 Å². The fraction of sp³-hybridized carbons (Fsp3) is 0.182. The lowest BCUT2D eigenvalue weighted by atomic mass is 10.1. The Morgan fingerprint density at radius 2 is 1.69 bits per heavy atom. The van der Waals surface area contributed by atoms with Gasteiger partial charge in [0.1, 0.15) is 11.6 Å². The summed E-state index contributed by atoms with van der Waals surface area (Å²) >= 11 is 6.17. The maximum Gasteiger partial charge on any atom is 0.264 e. The van der Waals surface area contributed by atoms with Gasteiger partial charge in [0.2, 0.25) is 0 Å². The Morgan fingerprint density at radius 3 is 2.28 bits per heavy atom. The van der Waals surface area contributed by atoms with Gasteiger partial charge >= 0.3 is 0 Å². The van der Waals surface area contributed by atoms with Crippen molar-refractivity contribution in [3.8, 4) is 5.75 Å². The van der Waals surface area contributed by atoms with Crippen LogP contribution in [0.15, 0.2) is 71.6 Å². The number of halogens is 2. The van der Waals surface area contributed by atoms with Crippen LogP contribution in [0.1, 0.15) is 24.1 Å². The van der Waals surface area contributed by atoms with Crippen molar-refractivity contribution in [3.05, 3.63) is 88.7 Å². The van der Waals surface area contributed by atoms with Crippen LogP contribution in [-0.2, 0) is 10.0 Å². The van der Waals surface area contributed by atoms with E-state index < -0.39 is 21.9 Å². The average Bonchev–Trinajstić information content (AvgIpc) is 2.70. The molecular formula is C22H21ClFNO3S. The van der Waals surface area contributed by atoms with Gasteiger partial charge in [-0.15, -0.1) is 0 Å². The number of anilines is 1. The summed E-state index contributed by atoms with van der Waals surface area (Å²) in [5, 5.41) is 0.347. The van der Waals surface area contributed by atoms with Gasteiger partial charge in [-0.3, -0.25) is 4.31 Å². The summed E-state index contributed by atoms with van der Waals surface area (Å²) in [5.41, 5.74) is 1.42. The van der Waals surface area contributed by atoms with Gasteiger partial charge < -0.3 is 4.74 Å². The summed E-state index contributed by atoms with van der Waals surface area (Å²) in [6, 6.07) is 16.5. The maximum atomic E-state index is 14.5. The first-order valence-corrected chi connectivity index (χ1v) is 10.8. The number of aryl methyl sites for hydroxylation is 1. The van der Waals surface area contributed by atoms with Crippen LogP contribution in [-0.4, -0.2) is 15.5 Å². The minimum absolute atomic E-state index is 0.0344. The first-order chi connectivity index (χ1) is 13.8. The summed E-state index contributed by atoms with van der Waals surface area (Å²) in [6.07, 6.45) is 0. The molecule has 7 heteroatoms. The third kappa shape index (κ3) is 4.23. The maximum absolute atomic E-state index is 14.5. The standard InChI is InChI=1S/C22H21ClFNO3S/c1-15-8-13-19(14-21(15)23)29(26,27)25(17-9-11-18(28-3)12-10-17)16(2)20-6-4-5-7-22(20)24/h4-14,16H,1-3H3/t16-/m1/s1. The molecule has 0 heterocycles. The van der Waals surface area contributed by atoms with Gasteiger partial charge in [0.25, 0.3) is 10.0 Å². The zero-order valence-corrected chi connectivity index (χ0v) is 17.8. The molecule has 0 aromatic heterocycles. The van der Waals surface area contributed by atoms with Gasteiger partial charge in [-0.25, -0.2) is 12.8 Å². The van der Waals surface area contributed by atoms with Crippen LogP contribution in [0.4, 0.5) is 10.1 Å². The van der Waals surface area contributed by atoms with E-state index in [4.69, 9.17) is 16.3 Å². The highest BCUT2D eigenvalue weighted by atomic mass is 35.5. The lowest BCUT2D eigenvalue weighted by Crippen LogP contribution is -2.34. The molecule has 1 atom stereocenters.